The summed E-state index contributed by atoms with van der Waals surface area (Å²) < 4.78 is 15.0. The quantitative estimate of drug-likeness (QED) is 0.176. The van der Waals surface area contributed by atoms with Crippen LogP contribution in [-0.4, -0.2) is 19.5 Å². The van der Waals surface area contributed by atoms with Crippen LogP contribution in [0.1, 0.15) is 0 Å². The molecule has 12 aromatic rings. The summed E-state index contributed by atoms with van der Waals surface area (Å²) in [5.74, 6) is 1.79. The molecular formula is C51H30N4O2. The van der Waals surface area contributed by atoms with E-state index in [0.29, 0.717) is 17.5 Å². The maximum Gasteiger partial charge on any atom is 0.164 e. The first-order valence-corrected chi connectivity index (χ1v) is 19.0. The van der Waals surface area contributed by atoms with E-state index >= 15 is 0 Å². The Bertz CT molecular complexity index is 3530. The normalized spacial score (nSPS) is 11.9. The number of hydrogen-bond donors (Lipinski definition) is 0. The first-order valence-electron chi connectivity index (χ1n) is 19.0. The summed E-state index contributed by atoms with van der Waals surface area (Å²) >= 11 is 0. The number of benzene rings is 8. The zero-order valence-corrected chi connectivity index (χ0v) is 30.4. The van der Waals surface area contributed by atoms with Crippen molar-refractivity contribution in [3.8, 4) is 51.0 Å². The first kappa shape index (κ1) is 31.5. The highest BCUT2D eigenvalue weighted by atomic mass is 16.3. The standard InChI is InChI=1S/C51H30N4O2/c1-3-11-31(12-4-1)49-52-50(34-21-25-46-41(28-34)38-16-8-10-18-45(38)56-46)54-51(53-49)35-22-26-47-42(29-35)39-23-19-33(30-48(39)57-47)32-20-24-44-40(27-32)37-15-7-9-17-43(37)55(44)36-13-5-2-6-14-36/h1-30H. The van der Waals surface area contributed by atoms with Gasteiger partial charge < -0.3 is 13.4 Å². The van der Waals surface area contributed by atoms with Crippen LogP contribution in [0.25, 0.3) is 117 Å². The van der Waals surface area contributed by atoms with E-state index in [1.54, 1.807) is 0 Å². The lowest BCUT2D eigenvalue weighted by Crippen LogP contribution is -2.00. The maximum atomic E-state index is 6.51. The molecule has 0 aliphatic carbocycles. The molecule has 0 spiro atoms. The second kappa shape index (κ2) is 12.3. The van der Waals surface area contributed by atoms with Crippen molar-refractivity contribution in [1.29, 1.82) is 0 Å². The van der Waals surface area contributed by atoms with E-state index in [9.17, 15) is 0 Å². The molecule has 0 fully saturated rings. The van der Waals surface area contributed by atoms with Gasteiger partial charge in [0.2, 0.25) is 0 Å². The molecular weight excluding hydrogens is 701 g/mol. The van der Waals surface area contributed by atoms with E-state index in [0.717, 1.165) is 77.4 Å². The summed E-state index contributed by atoms with van der Waals surface area (Å²) in [5, 5.41) is 6.56. The van der Waals surface area contributed by atoms with E-state index in [4.69, 9.17) is 23.8 Å². The van der Waals surface area contributed by atoms with Gasteiger partial charge >= 0.3 is 0 Å². The lowest BCUT2D eigenvalue weighted by molar-refractivity contribution is 0.668. The number of furan rings is 2. The second-order valence-electron chi connectivity index (χ2n) is 14.4. The minimum absolute atomic E-state index is 0.590. The Morgan fingerprint density at radius 1 is 0.298 bits per heavy atom. The van der Waals surface area contributed by atoms with Crippen molar-refractivity contribution in [1.82, 2.24) is 19.5 Å². The van der Waals surface area contributed by atoms with Gasteiger partial charge in [0.1, 0.15) is 22.3 Å². The zero-order chi connectivity index (χ0) is 37.5. The average Bonchev–Trinajstić information content (AvgIpc) is 3.95. The van der Waals surface area contributed by atoms with E-state index in [-0.39, 0.29) is 0 Å². The Hall–Kier alpha value is -7.83. The van der Waals surface area contributed by atoms with Crippen LogP contribution < -0.4 is 0 Å². The highest BCUT2D eigenvalue weighted by molar-refractivity contribution is 6.11. The fraction of sp³-hybridized carbons (Fsp3) is 0. The molecule has 266 valence electrons. The van der Waals surface area contributed by atoms with Crippen LogP contribution in [0.2, 0.25) is 0 Å². The van der Waals surface area contributed by atoms with E-state index < -0.39 is 0 Å². The van der Waals surface area contributed by atoms with Crippen LogP contribution in [-0.2, 0) is 0 Å². The highest BCUT2D eigenvalue weighted by Crippen LogP contribution is 2.39. The van der Waals surface area contributed by atoms with Crippen molar-refractivity contribution < 1.29 is 8.83 Å². The summed E-state index contributed by atoms with van der Waals surface area (Å²) in [5.41, 5.74) is 11.7. The van der Waals surface area contributed by atoms with Crippen LogP contribution >= 0.6 is 0 Å². The largest absolute Gasteiger partial charge is 0.456 e. The van der Waals surface area contributed by atoms with Gasteiger partial charge in [-0.1, -0.05) is 97.1 Å². The third-order valence-electron chi connectivity index (χ3n) is 11.1. The Morgan fingerprint density at radius 3 is 1.53 bits per heavy atom. The fourth-order valence-corrected chi connectivity index (χ4v) is 8.32. The molecule has 0 saturated heterocycles. The Morgan fingerprint density at radius 2 is 0.789 bits per heavy atom. The van der Waals surface area contributed by atoms with Crippen LogP contribution in [0.5, 0.6) is 0 Å². The van der Waals surface area contributed by atoms with Gasteiger partial charge in [0.15, 0.2) is 17.5 Å². The molecule has 6 nitrogen and oxygen atoms in total. The van der Waals surface area contributed by atoms with Crippen molar-refractivity contribution in [2.75, 3.05) is 0 Å². The Balaban J connectivity index is 0.964. The Kier molecular flexibility index (Phi) is 6.83. The topological polar surface area (TPSA) is 69.9 Å². The minimum Gasteiger partial charge on any atom is -0.456 e. The number of fused-ring (bicyclic) bond motifs is 9. The van der Waals surface area contributed by atoms with E-state index in [1.807, 2.05) is 72.8 Å². The molecule has 0 atom stereocenters. The molecule has 0 bridgehead atoms. The second-order valence-corrected chi connectivity index (χ2v) is 14.4. The molecule has 0 unspecified atom stereocenters. The molecule has 4 aromatic heterocycles. The lowest BCUT2D eigenvalue weighted by atomic mass is 10.0. The van der Waals surface area contributed by atoms with Gasteiger partial charge in [0.05, 0.1) is 11.0 Å². The summed E-state index contributed by atoms with van der Waals surface area (Å²) in [6, 6.07) is 62.8. The molecule has 57 heavy (non-hydrogen) atoms. The molecule has 8 aromatic carbocycles. The average molecular weight is 731 g/mol. The third kappa shape index (κ3) is 5.08. The number of rotatable bonds is 5. The van der Waals surface area contributed by atoms with Gasteiger partial charge in [-0.15, -0.1) is 0 Å². The van der Waals surface area contributed by atoms with Gasteiger partial charge in [-0.25, -0.2) is 15.0 Å². The van der Waals surface area contributed by atoms with Crippen molar-refractivity contribution in [3.05, 3.63) is 182 Å². The molecule has 0 saturated carbocycles. The number of aromatic nitrogens is 4. The van der Waals surface area contributed by atoms with Crippen molar-refractivity contribution in [2.45, 2.75) is 0 Å². The van der Waals surface area contributed by atoms with Crippen LogP contribution in [0.15, 0.2) is 191 Å². The van der Waals surface area contributed by atoms with Gasteiger partial charge in [0.25, 0.3) is 0 Å². The zero-order valence-electron chi connectivity index (χ0n) is 30.4. The SMILES string of the molecule is c1ccc(-c2nc(-c3ccc4oc5ccccc5c4c3)nc(-c3ccc4oc5cc(-c6ccc7c(c6)c6ccccc6n7-c6ccccc6)ccc5c4c3)n2)cc1. The van der Waals surface area contributed by atoms with Gasteiger partial charge in [0, 0.05) is 54.7 Å². The van der Waals surface area contributed by atoms with Crippen molar-refractivity contribution in [3.63, 3.8) is 0 Å². The van der Waals surface area contributed by atoms with E-state index in [2.05, 4.69) is 114 Å². The van der Waals surface area contributed by atoms with E-state index in [1.165, 1.54) is 21.8 Å². The summed E-state index contributed by atoms with van der Waals surface area (Å²) in [6.45, 7) is 0. The van der Waals surface area contributed by atoms with Crippen molar-refractivity contribution >= 4 is 65.7 Å². The van der Waals surface area contributed by atoms with Gasteiger partial charge in [-0.3, -0.25) is 0 Å². The van der Waals surface area contributed by atoms with Gasteiger partial charge in [-0.05, 0) is 96.1 Å². The van der Waals surface area contributed by atoms with Crippen LogP contribution in [0.3, 0.4) is 0 Å². The summed E-state index contributed by atoms with van der Waals surface area (Å²) in [4.78, 5) is 15.1. The smallest absolute Gasteiger partial charge is 0.164 e. The van der Waals surface area contributed by atoms with Crippen LogP contribution in [0.4, 0.5) is 0 Å². The molecule has 12 rings (SSSR count). The van der Waals surface area contributed by atoms with Crippen LogP contribution in [0, 0.1) is 0 Å². The monoisotopic (exact) mass is 730 g/mol. The number of hydrogen-bond acceptors (Lipinski definition) is 5. The lowest BCUT2D eigenvalue weighted by Gasteiger charge is -2.09. The summed E-state index contributed by atoms with van der Waals surface area (Å²) in [7, 11) is 0. The highest BCUT2D eigenvalue weighted by Gasteiger charge is 2.18. The molecule has 0 N–H and O–H groups in total. The predicted molar refractivity (Wildman–Crippen MR) is 230 cm³/mol. The molecule has 0 amide bonds. The fourth-order valence-electron chi connectivity index (χ4n) is 8.32. The minimum atomic E-state index is 0.590. The number of nitrogens with zero attached hydrogens (tertiary/aromatic N) is 4. The maximum absolute atomic E-state index is 6.51. The van der Waals surface area contributed by atoms with Gasteiger partial charge in [-0.2, -0.15) is 0 Å². The number of para-hydroxylation sites is 3. The molecule has 6 heteroatoms. The third-order valence-corrected chi connectivity index (χ3v) is 11.1. The Labute approximate surface area is 325 Å². The van der Waals surface area contributed by atoms with Crippen molar-refractivity contribution in [2.24, 2.45) is 0 Å². The molecule has 0 radical (unpaired) electrons. The molecule has 4 heterocycles. The summed E-state index contributed by atoms with van der Waals surface area (Å²) in [6.07, 6.45) is 0. The molecule has 0 aliphatic rings. The molecule has 0 aliphatic heterocycles. The first-order chi connectivity index (χ1) is 28.2. The predicted octanol–water partition coefficient (Wildman–Crippen LogP) is 13.4.